The Labute approximate surface area is 153 Å². The fourth-order valence-electron chi connectivity index (χ4n) is 3.60. The van der Waals surface area contributed by atoms with Gasteiger partial charge in [-0.2, -0.15) is 0 Å². The van der Waals surface area contributed by atoms with Crippen molar-refractivity contribution >= 4 is 0 Å². The SMILES string of the molecule is Cc1cc(F)cc(C2NCCc3cc(OCc4ccccc4)ccc32)c1. The van der Waals surface area contributed by atoms with Crippen molar-refractivity contribution in [1.82, 2.24) is 5.32 Å². The maximum absolute atomic E-state index is 13.8. The van der Waals surface area contributed by atoms with Crippen LogP contribution in [0.2, 0.25) is 0 Å². The van der Waals surface area contributed by atoms with E-state index in [4.69, 9.17) is 4.74 Å². The van der Waals surface area contributed by atoms with E-state index in [1.54, 1.807) is 12.1 Å². The van der Waals surface area contributed by atoms with Gasteiger partial charge >= 0.3 is 0 Å². The Morgan fingerprint density at radius 3 is 2.69 bits per heavy atom. The molecule has 2 nitrogen and oxygen atoms in total. The second-order valence-corrected chi connectivity index (χ2v) is 6.83. The molecule has 3 heteroatoms. The summed E-state index contributed by atoms with van der Waals surface area (Å²) in [6.07, 6.45) is 0.947. The van der Waals surface area contributed by atoms with Crippen LogP contribution in [-0.2, 0) is 13.0 Å². The number of benzene rings is 3. The normalized spacial score (nSPS) is 16.2. The molecule has 1 N–H and O–H groups in total. The molecule has 4 rings (SSSR count). The van der Waals surface area contributed by atoms with Crippen molar-refractivity contribution in [3.05, 3.63) is 100 Å². The quantitative estimate of drug-likeness (QED) is 0.721. The van der Waals surface area contributed by atoms with E-state index in [1.165, 1.54) is 11.1 Å². The second-order valence-electron chi connectivity index (χ2n) is 6.83. The smallest absolute Gasteiger partial charge is 0.123 e. The van der Waals surface area contributed by atoms with Crippen molar-refractivity contribution in [2.75, 3.05) is 6.54 Å². The van der Waals surface area contributed by atoms with E-state index < -0.39 is 0 Å². The summed E-state index contributed by atoms with van der Waals surface area (Å²) in [6.45, 7) is 3.36. The molecule has 0 aromatic heterocycles. The van der Waals surface area contributed by atoms with Gasteiger partial charge in [0.1, 0.15) is 18.2 Å². The molecule has 26 heavy (non-hydrogen) atoms. The highest BCUT2D eigenvalue weighted by molar-refractivity contribution is 5.44. The molecule has 0 radical (unpaired) electrons. The Balaban J connectivity index is 1.57. The fraction of sp³-hybridized carbons (Fsp3) is 0.217. The Morgan fingerprint density at radius 2 is 1.88 bits per heavy atom. The highest BCUT2D eigenvalue weighted by Gasteiger charge is 2.22. The molecule has 1 aliphatic rings. The highest BCUT2D eigenvalue weighted by atomic mass is 19.1. The van der Waals surface area contributed by atoms with E-state index >= 15 is 0 Å². The summed E-state index contributed by atoms with van der Waals surface area (Å²) in [5.41, 5.74) is 5.53. The molecule has 1 heterocycles. The molecular weight excluding hydrogens is 325 g/mol. The lowest BCUT2D eigenvalue weighted by Gasteiger charge is -2.28. The second kappa shape index (κ2) is 7.30. The number of halogens is 1. The van der Waals surface area contributed by atoms with Crippen LogP contribution in [0.4, 0.5) is 4.39 Å². The molecule has 0 saturated carbocycles. The average molecular weight is 347 g/mol. The number of hydrogen-bond acceptors (Lipinski definition) is 2. The maximum atomic E-state index is 13.8. The topological polar surface area (TPSA) is 21.3 Å². The van der Waals surface area contributed by atoms with Crippen molar-refractivity contribution in [3.63, 3.8) is 0 Å². The first-order valence-corrected chi connectivity index (χ1v) is 8.99. The number of rotatable bonds is 4. The average Bonchev–Trinajstić information content (AvgIpc) is 2.66. The minimum absolute atomic E-state index is 0.0244. The predicted octanol–water partition coefficient (Wildman–Crippen LogP) is 4.95. The van der Waals surface area contributed by atoms with Gasteiger partial charge in [-0.05, 0) is 65.4 Å². The zero-order valence-corrected chi connectivity index (χ0v) is 14.8. The summed E-state index contributed by atoms with van der Waals surface area (Å²) in [5.74, 6) is 0.695. The summed E-state index contributed by atoms with van der Waals surface area (Å²) in [7, 11) is 0. The summed E-state index contributed by atoms with van der Waals surface area (Å²) in [4.78, 5) is 0. The number of ether oxygens (including phenoxy) is 1. The van der Waals surface area contributed by atoms with Crippen molar-refractivity contribution in [2.45, 2.75) is 26.0 Å². The van der Waals surface area contributed by atoms with Gasteiger partial charge < -0.3 is 10.1 Å². The fourth-order valence-corrected chi connectivity index (χ4v) is 3.60. The first-order valence-electron chi connectivity index (χ1n) is 8.99. The zero-order valence-electron chi connectivity index (χ0n) is 14.8. The third-order valence-electron chi connectivity index (χ3n) is 4.81. The summed E-state index contributed by atoms with van der Waals surface area (Å²) < 4.78 is 19.8. The third kappa shape index (κ3) is 3.63. The van der Waals surface area contributed by atoms with Gasteiger partial charge in [0.15, 0.2) is 0 Å². The van der Waals surface area contributed by atoms with Crippen molar-refractivity contribution in [1.29, 1.82) is 0 Å². The van der Waals surface area contributed by atoms with Gasteiger partial charge in [0.05, 0.1) is 6.04 Å². The highest BCUT2D eigenvalue weighted by Crippen LogP contribution is 2.32. The van der Waals surface area contributed by atoms with Crippen LogP contribution in [0.3, 0.4) is 0 Å². The molecule has 132 valence electrons. The zero-order chi connectivity index (χ0) is 17.9. The Kier molecular flexibility index (Phi) is 4.72. The van der Waals surface area contributed by atoms with Gasteiger partial charge in [0.2, 0.25) is 0 Å². The van der Waals surface area contributed by atoms with E-state index in [-0.39, 0.29) is 11.9 Å². The summed E-state index contributed by atoms with van der Waals surface area (Å²) in [5, 5.41) is 3.52. The van der Waals surface area contributed by atoms with Crippen molar-refractivity contribution in [3.8, 4) is 5.75 Å². The lowest BCUT2D eigenvalue weighted by atomic mass is 9.89. The molecule has 1 unspecified atom stereocenters. The van der Waals surface area contributed by atoms with E-state index in [0.29, 0.717) is 6.61 Å². The minimum atomic E-state index is -0.184. The monoisotopic (exact) mass is 347 g/mol. The number of hydrogen-bond donors (Lipinski definition) is 1. The van der Waals surface area contributed by atoms with Gasteiger partial charge in [0.25, 0.3) is 0 Å². The molecule has 3 aromatic rings. The van der Waals surface area contributed by atoms with Gasteiger partial charge in [-0.1, -0.05) is 42.5 Å². The molecular formula is C23H22FNO. The van der Waals surface area contributed by atoms with E-state index in [0.717, 1.165) is 35.4 Å². The number of aryl methyl sites for hydroxylation is 1. The van der Waals surface area contributed by atoms with E-state index in [2.05, 4.69) is 35.6 Å². The van der Waals surface area contributed by atoms with Gasteiger partial charge in [-0.3, -0.25) is 0 Å². The van der Waals surface area contributed by atoms with Crippen LogP contribution in [0.5, 0.6) is 5.75 Å². The number of nitrogens with one attached hydrogen (secondary N) is 1. The molecule has 0 aliphatic carbocycles. The molecule has 0 saturated heterocycles. The van der Waals surface area contributed by atoms with E-state index in [9.17, 15) is 4.39 Å². The summed E-state index contributed by atoms with van der Waals surface area (Å²) >= 11 is 0. The maximum Gasteiger partial charge on any atom is 0.123 e. The van der Waals surface area contributed by atoms with Crippen LogP contribution in [0.25, 0.3) is 0 Å². The third-order valence-corrected chi connectivity index (χ3v) is 4.81. The van der Waals surface area contributed by atoms with Crippen LogP contribution < -0.4 is 10.1 Å². The first kappa shape index (κ1) is 16.8. The van der Waals surface area contributed by atoms with Gasteiger partial charge in [0, 0.05) is 6.54 Å². The van der Waals surface area contributed by atoms with Crippen LogP contribution in [0.1, 0.15) is 33.9 Å². The summed E-state index contributed by atoms with van der Waals surface area (Å²) in [6, 6.07) is 21.7. The minimum Gasteiger partial charge on any atom is -0.489 e. The van der Waals surface area contributed by atoms with Gasteiger partial charge in [-0.15, -0.1) is 0 Å². The molecule has 0 bridgehead atoms. The Morgan fingerprint density at radius 1 is 1.04 bits per heavy atom. The molecule has 0 spiro atoms. The van der Waals surface area contributed by atoms with Gasteiger partial charge in [-0.25, -0.2) is 4.39 Å². The van der Waals surface area contributed by atoms with Crippen LogP contribution in [0, 0.1) is 12.7 Å². The lowest BCUT2D eigenvalue weighted by Crippen LogP contribution is -2.30. The first-order chi connectivity index (χ1) is 12.7. The molecule has 0 amide bonds. The van der Waals surface area contributed by atoms with Crippen LogP contribution in [0.15, 0.2) is 66.7 Å². The van der Waals surface area contributed by atoms with Crippen molar-refractivity contribution in [2.24, 2.45) is 0 Å². The van der Waals surface area contributed by atoms with Crippen LogP contribution >= 0.6 is 0 Å². The molecule has 3 aromatic carbocycles. The Bertz CT molecular complexity index is 887. The largest absolute Gasteiger partial charge is 0.489 e. The van der Waals surface area contributed by atoms with Crippen LogP contribution in [-0.4, -0.2) is 6.54 Å². The molecule has 1 atom stereocenters. The standard InChI is InChI=1S/C23H22FNO/c1-16-11-19(13-20(24)12-16)23-22-8-7-21(14-18(22)9-10-25-23)26-15-17-5-3-2-4-6-17/h2-8,11-14,23,25H,9-10,15H2,1H3. The van der Waals surface area contributed by atoms with E-state index in [1.807, 2.05) is 31.2 Å². The molecule has 0 fully saturated rings. The number of fused-ring (bicyclic) bond motifs is 1. The lowest BCUT2D eigenvalue weighted by molar-refractivity contribution is 0.305. The molecule has 1 aliphatic heterocycles. The van der Waals surface area contributed by atoms with Crippen molar-refractivity contribution < 1.29 is 9.13 Å². The predicted molar refractivity (Wildman–Crippen MR) is 102 cm³/mol. The Hall–Kier alpha value is -2.65.